The zero-order chi connectivity index (χ0) is 12.1. The lowest BCUT2D eigenvalue weighted by atomic mass is 10.2. The average molecular weight is 222 g/mol. The van der Waals surface area contributed by atoms with E-state index >= 15 is 0 Å². The van der Waals surface area contributed by atoms with Crippen LogP contribution in [0.2, 0.25) is 0 Å². The molecule has 0 spiro atoms. The highest BCUT2D eigenvalue weighted by atomic mass is 16.1. The Bertz CT molecular complexity index is 376. The van der Waals surface area contributed by atoms with E-state index in [-0.39, 0.29) is 18.5 Å². The number of hydrogen-bond donors (Lipinski definition) is 3. The molecule has 1 aromatic heterocycles. The van der Waals surface area contributed by atoms with Crippen molar-refractivity contribution in [2.24, 2.45) is 0 Å². The molecule has 0 aliphatic carbocycles. The Hall–Kier alpha value is -1.78. The third kappa shape index (κ3) is 3.42. The van der Waals surface area contributed by atoms with Crippen molar-refractivity contribution in [1.82, 2.24) is 10.3 Å². The molecule has 0 aliphatic rings. The Morgan fingerprint density at radius 3 is 2.88 bits per heavy atom. The highest BCUT2D eigenvalue weighted by molar-refractivity contribution is 5.81. The van der Waals surface area contributed by atoms with Gasteiger partial charge >= 0.3 is 0 Å². The van der Waals surface area contributed by atoms with Crippen LogP contribution in [0, 0.1) is 6.92 Å². The molecule has 88 valence electrons. The van der Waals surface area contributed by atoms with Gasteiger partial charge in [-0.1, -0.05) is 0 Å². The van der Waals surface area contributed by atoms with Crippen LogP contribution in [0.5, 0.6) is 0 Å². The first-order chi connectivity index (χ1) is 7.50. The molecule has 0 bridgehead atoms. The number of amides is 1. The minimum atomic E-state index is -0.0716. The quantitative estimate of drug-likeness (QED) is 0.707. The lowest BCUT2D eigenvalue weighted by Gasteiger charge is -2.11. The van der Waals surface area contributed by atoms with E-state index in [1.165, 1.54) is 0 Å². The number of hydrogen-bond acceptors (Lipinski definition) is 4. The van der Waals surface area contributed by atoms with Gasteiger partial charge in [0, 0.05) is 12.2 Å². The number of nitrogens with one attached hydrogen (secondary N) is 2. The topological polar surface area (TPSA) is 80.0 Å². The van der Waals surface area contributed by atoms with Crippen molar-refractivity contribution in [2.45, 2.75) is 26.8 Å². The van der Waals surface area contributed by atoms with Crippen molar-refractivity contribution in [1.29, 1.82) is 0 Å². The maximum Gasteiger partial charge on any atom is 0.239 e. The monoisotopic (exact) mass is 222 g/mol. The van der Waals surface area contributed by atoms with E-state index in [1.807, 2.05) is 26.8 Å². The average Bonchev–Trinajstić information content (AvgIpc) is 2.19. The molecule has 0 saturated carbocycles. The largest absolute Gasteiger partial charge is 0.396 e. The van der Waals surface area contributed by atoms with E-state index in [2.05, 4.69) is 15.6 Å². The number of nitrogen functional groups attached to an aromatic ring is 1. The number of rotatable bonds is 4. The van der Waals surface area contributed by atoms with Crippen molar-refractivity contribution in [3.05, 3.63) is 17.8 Å². The van der Waals surface area contributed by atoms with Gasteiger partial charge in [-0.2, -0.15) is 0 Å². The SMILES string of the molecule is Cc1ccnc(NCC(=O)NC(C)C)c1N. The lowest BCUT2D eigenvalue weighted by Crippen LogP contribution is -2.35. The van der Waals surface area contributed by atoms with Gasteiger partial charge in [0.05, 0.1) is 12.2 Å². The number of aromatic nitrogens is 1. The molecule has 0 fully saturated rings. The molecule has 0 aromatic carbocycles. The minimum absolute atomic E-state index is 0.0716. The van der Waals surface area contributed by atoms with E-state index in [4.69, 9.17) is 5.73 Å². The molecule has 1 heterocycles. The van der Waals surface area contributed by atoms with Gasteiger partial charge < -0.3 is 16.4 Å². The number of nitrogens with zero attached hydrogens (tertiary/aromatic N) is 1. The fraction of sp³-hybridized carbons (Fsp3) is 0.455. The number of nitrogens with two attached hydrogens (primary N) is 1. The molecular weight excluding hydrogens is 204 g/mol. The van der Waals surface area contributed by atoms with Crippen LogP contribution in [0.25, 0.3) is 0 Å². The number of carbonyl (C=O) groups is 1. The fourth-order valence-corrected chi connectivity index (χ4v) is 1.25. The smallest absolute Gasteiger partial charge is 0.239 e. The van der Waals surface area contributed by atoms with Crippen molar-refractivity contribution >= 4 is 17.4 Å². The molecular formula is C11H18N4O. The normalized spacial score (nSPS) is 10.2. The van der Waals surface area contributed by atoms with Crippen LogP contribution in [-0.4, -0.2) is 23.5 Å². The van der Waals surface area contributed by atoms with Crippen LogP contribution in [0.15, 0.2) is 12.3 Å². The summed E-state index contributed by atoms with van der Waals surface area (Å²) >= 11 is 0. The standard InChI is InChI=1S/C11H18N4O/c1-7(2)15-9(16)6-14-11-10(12)8(3)4-5-13-11/h4-5,7H,6,12H2,1-3H3,(H,13,14)(H,15,16). The molecule has 0 aliphatic heterocycles. The molecule has 16 heavy (non-hydrogen) atoms. The summed E-state index contributed by atoms with van der Waals surface area (Å²) in [5.41, 5.74) is 7.34. The molecule has 0 radical (unpaired) electrons. The summed E-state index contributed by atoms with van der Waals surface area (Å²) < 4.78 is 0. The second-order valence-electron chi connectivity index (χ2n) is 3.97. The van der Waals surface area contributed by atoms with Gasteiger partial charge in [0.25, 0.3) is 0 Å². The molecule has 1 rings (SSSR count). The molecule has 1 aromatic rings. The third-order valence-corrected chi connectivity index (χ3v) is 2.07. The van der Waals surface area contributed by atoms with E-state index in [9.17, 15) is 4.79 Å². The predicted octanol–water partition coefficient (Wildman–Crippen LogP) is 0.909. The second-order valence-corrected chi connectivity index (χ2v) is 3.97. The first kappa shape index (κ1) is 12.3. The van der Waals surface area contributed by atoms with Crippen LogP contribution >= 0.6 is 0 Å². The first-order valence-corrected chi connectivity index (χ1v) is 5.25. The van der Waals surface area contributed by atoms with Crippen LogP contribution in [0.4, 0.5) is 11.5 Å². The maximum absolute atomic E-state index is 11.4. The Balaban J connectivity index is 2.55. The number of pyridine rings is 1. The number of carbonyl (C=O) groups excluding carboxylic acids is 1. The molecule has 0 saturated heterocycles. The van der Waals surface area contributed by atoms with Crippen LogP contribution in [0.3, 0.4) is 0 Å². The fourth-order valence-electron chi connectivity index (χ4n) is 1.25. The summed E-state index contributed by atoms with van der Waals surface area (Å²) in [7, 11) is 0. The lowest BCUT2D eigenvalue weighted by molar-refractivity contribution is -0.119. The number of anilines is 2. The van der Waals surface area contributed by atoms with Gasteiger partial charge in [-0.15, -0.1) is 0 Å². The predicted molar refractivity (Wildman–Crippen MR) is 65.2 cm³/mol. The summed E-state index contributed by atoms with van der Waals surface area (Å²) in [6.45, 7) is 5.91. The summed E-state index contributed by atoms with van der Waals surface area (Å²) in [6.07, 6.45) is 1.66. The molecule has 5 nitrogen and oxygen atoms in total. The van der Waals surface area contributed by atoms with Gasteiger partial charge in [-0.25, -0.2) is 4.98 Å². The van der Waals surface area contributed by atoms with Crippen molar-refractivity contribution in [3.63, 3.8) is 0 Å². The van der Waals surface area contributed by atoms with Crippen LogP contribution in [0.1, 0.15) is 19.4 Å². The first-order valence-electron chi connectivity index (χ1n) is 5.25. The summed E-state index contributed by atoms with van der Waals surface area (Å²) in [5, 5.41) is 5.69. The molecule has 0 atom stereocenters. The Morgan fingerprint density at radius 2 is 2.25 bits per heavy atom. The number of aryl methyl sites for hydroxylation is 1. The van der Waals surface area contributed by atoms with Gasteiger partial charge in [-0.3, -0.25) is 4.79 Å². The maximum atomic E-state index is 11.4. The van der Waals surface area contributed by atoms with Gasteiger partial charge in [-0.05, 0) is 32.4 Å². The molecule has 4 N–H and O–H groups in total. The van der Waals surface area contributed by atoms with E-state index in [0.717, 1.165) is 5.56 Å². The van der Waals surface area contributed by atoms with Gasteiger partial charge in [0.2, 0.25) is 5.91 Å². The Morgan fingerprint density at radius 1 is 1.56 bits per heavy atom. The Labute approximate surface area is 95.4 Å². The highest BCUT2D eigenvalue weighted by Gasteiger charge is 2.06. The zero-order valence-electron chi connectivity index (χ0n) is 9.87. The summed E-state index contributed by atoms with van der Waals surface area (Å²) in [6, 6.07) is 1.96. The summed E-state index contributed by atoms with van der Waals surface area (Å²) in [5.74, 6) is 0.483. The summed E-state index contributed by atoms with van der Waals surface area (Å²) in [4.78, 5) is 15.5. The van der Waals surface area contributed by atoms with Gasteiger partial charge in [0.1, 0.15) is 5.82 Å². The van der Waals surface area contributed by atoms with Crippen LogP contribution < -0.4 is 16.4 Å². The van der Waals surface area contributed by atoms with Gasteiger partial charge in [0.15, 0.2) is 0 Å². The van der Waals surface area contributed by atoms with Crippen molar-refractivity contribution < 1.29 is 4.79 Å². The Kier molecular flexibility index (Phi) is 4.10. The van der Waals surface area contributed by atoms with Crippen LogP contribution in [-0.2, 0) is 4.79 Å². The second kappa shape index (κ2) is 5.34. The molecule has 0 unspecified atom stereocenters. The third-order valence-electron chi connectivity index (χ3n) is 2.07. The highest BCUT2D eigenvalue weighted by Crippen LogP contribution is 2.17. The molecule has 1 amide bonds. The van der Waals surface area contributed by atoms with Crippen molar-refractivity contribution in [2.75, 3.05) is 17.6 Å². The van der Waals surface area contributed by atoms with E-state index in [1.54, 1.807) is 6.20 Å². The van der Waals surface area contributed by atoms with E-state index in [0.29, 0.717) is 11.5 Å². The minimum Gasteiger partial charge on any atom is -0.396 e. The molecule has 5 heteroatoms. The zero-order valence-corrected chi connectivity index (χ0v) is 9.87. The van der Waals surface area contributed by atoms with Crippen molar-refractivity contribution in [3.8, 4) is 0 Å². The van der Waals surface area contributed by atoms with E-state index < -0.39 is 0 Å².